The van der Waals surface area contributed by atoms with Gasteiger partial charge in [0.05, 0.1) is 5.76 Å². The number of unbranched alkanes of at least 4 members (excludes halogenated alkanes) is 22. The molecule has 0 aliphatic rings. The average molecular weight is 475 g/mol. The van der Waals surface area contributed by atoms with Gasteiger partial charge in [-0.2, -0.15) is 0 Å². The van der Waals surface area contributed by atoms with Crippen molar-refractivity contribution in [1.82, 2.24) is 0 Å². The van der Waals surface area contributed by atoms with Gasteiger partial charge in [0.25, 0.3) is 0 Å². The first-order valence-corrected chi connectivity index (χ1v) is 14.2. The number of rotatable bonds is 26. The molecule has 0 amide bonds. The molecule has 0 rings (SSSR count). The Bertz CT molecular complexity index is 423. The van der Waals surface area contributed by atoms with Crippen molar-refractivity contribution < 1.29 is 44.6 Å². The average Bonchev–Trinajstić information content (AvgIpc) is 2.78. The molecule has 4 heteroatoms. The molecule has 0 fully saturated rings. The smallest absolute Gasteiger partial charge is 0.550 e. The predicted molar refractivity (Wildman–Crippen MR) is 137 cm³/mol. The Labute approximate surface area is 228 Å². The van der Waals surface area contributed by atoms with Crippen LogP contribution in [-0.4, -0.2) is 11.1 Å². The molecule has 0 atom stereocenters. The Morgan fingerprint density at radius 3 is 1.12 bits per heavy atom. The molecule has 0 aliphatic heterocycles. The van der Waals surface area contributed by atoms with Gasteiger partial charge in [-0.15, -0.1) is 0 Å². The molecule has 0 heterocycles. The van der Waals surface area contributed by atoms with E-state index in [-0.39, 0.29) is 41.7 Å². The van der Waals surface area contributed by atoms with Gasteiger partial charge in [0.15, 0.2) is 0 Å². The van der Waals surface area contributed by atoms with Gasteiger partial charge in [-0.3, -0.25) is 0 Å². The van der Waals surface area contributed by atoms with E-state index in [1.165, 1.54) is 141 Å². The quantitative estimate of drug-likeness (QED) is 0.0956. The van der Waals surface area contributed by atoms with Gasteiger partial charge in [0.2, 0.25) is 0 Å². The summed E-state index contributed by atoms with van der Waals surface area (Å²) in [6.07, 6.45) is 33.3. The molecule has 1 N–H and O–H groups in total. The second kappa shape index (κ2) is 30.0. The molecule has 190 valence electrons. The van der Waals surface area contributed by atoms with Gasteiger partial charge in [-0.25, -0.2) is 0 Å². The van der Waals surface area contributed by atoms with Crippen molar-refractivity contribution in [3.05, 3.63) is 11.8 Å². The Balaban J connectivity index is 0. The Hall–Kier alpha value is 0.0100. The van der Waals surface area contributed by atoms with Crippen LogP contribution in [0.25, 0.3) is 0 Å². The van der Waals surface area contributed by atoms with Crippen molar-refractivity contribution in [2.75, 3.05) is 0 Å². The van der Waals surface area contributed by atoms with E-state index < -0.39 is 5.97 Å². The maximum Gasteiger partial charge on any atom is 1.00 e. The van der Waals surface area contributed by atoms with Gasteiger partial charge in [0, 0.05) is 18.8 Å². The molecular formula is C29H55NaO3. The minimum absolute atomic E-state index is 0. The van der Waals surface area contributed by atoms with Crippen molar-refractivity contribution in [3.63, 3.8) is 0 Å². The van der Waals surface area contributed by atoms with E-state index in [0.717, 1.165) is 12.8 Å². The summed E-state index contributed by atoms with van der Waals surface area (Å²) in [4.78, 5) is 10.3. The number of aliphatic carboxylic acids is 1. The molecule has 0 aliphatic carbocycles. The van der Waals surface area contributed by atoms with Crippen LogP contribution in [0.1, 0.15) is 167 Å². The molecule has 0 aromatic rings. The van der Waals surface area contributed by atoms with Crippen LogP contribution in [0.15, 0.2) is 11.8 Å². The molecule has 33 heavy (non-hydrogen) atoms. The maximum atomic E-state index is 10.3. The van der Waals surface area contributed by atoms with Crippen LogP contribution in [0.4, 0.5) is 0 Å². The molecule has 0 aromatic heterocycles. The maximum absolute atomic E-state index is 10.3. The van der Waals surface area contributed by atoms with Gasteiger partial charge in [0.1, 0.15) is 0 Å². The van der Waals surface area contributed by atoms with Crippen molar-refractivity contribution in [3.8, 4) is 0 Å². The SMILES string of the molecule is CCCCCCCCCCCCCCCCCCCCCCCCCC(O)=CCC(=O)[O-].[Na+]. The van der Waals surface area contributed by atoms with Gasteiger partial charge < -0.3 is 15.0 Å². The van der Waals surface area contributed by atoms with E-state index in [2.05, 4.69) is 6.92 Å². The standard InChI is InChI=1S/C29H56O3.Na/c1-2-3-4-5-6-7-8-9-10-11-12-13-14-15-16-17-18-19-20-21-22-23-24-25-28(30)26-27-29(31)32;/h26,30H,2-25,27H2,1H3,(H,31,32);/q;+1/p-1. The summed E-state index contributed by atoms with van der Waals surface area (Å²) >= 11 is 0. The molecule has 0 radical (unpaired) electrons. The van der Waals surface area contributed by atoms with E-state index >= 15 is 0 Å². The zero-order valence-corrected chi connectivity index (χ0v) is 24.5. The van der Waals surface area contributed by atoms with E-state index in [9.17, 15) is 15.0 Å². The fourth-order valence-electron chi connectivity index (χ4n) is 4.39. The third-order valence-electron chi connectivity index (χ3n) is 6.54. The molecule has 0 bridgehead atoms. The Morgan fingerprint density at radius 1 is 0.576 bits per heavy atom. The first-order valence-electron chi connectivity index (χ1n) is 14.2. The normalized spacial score (nSPS) is 11.5. The van der Waals surface area contributed by atoms with Crippen LogP contribution in [0.2, 0.25) is 0 Å². The summed E-state index contributed by atoms with van der Waals surface area (Å²) in [5, 5.41) is 19.9. The first-order chi connectivity index (χ1) is 15.7. The fourth-order valence-corrected chi connectivity index (χ4v) is 4.39. The number of carbonyl (C=O) groups excluding carboxylic acids is 1. The van der Waals surface area contributed by atoms with Crippen LogP contribution in [0.5, 0.6) is 0 Å². The van der Waals surface area contributed by atoms with E-state index in [1.807, 2.05) is 0 Å². The molecule has 0 spiro atoms. The first kappa shape index (κ1) is 35.2. The third kappa shape index (κ3) is 32.0. The molecule has 3 nitrogen and oxygen atoms in total. The number of aliphatic hydroxyl groups is 1. The van der Waals surface area contributed by atoms with Crippen LogP contribution in [-0.2, 0) is 4.79 Å². The molecule has 0 saturated heterocycles. The number of carboxylic acid groups (broad SMARTS) is 1. The topological polar surface area (TPSA) is 60.4 Å². The molecule has 0 unspecified atom stereocenters. The number of hydrogen-bond acceptors (Lipinski definition) is 3. The van der Waals surface area contributed by atoms with Crippen molar-refractivity contribution in [2.24, 2.45) is 0 Å². The number of carbonyl (C=O) groups is 1. The second-order valence-electron chi connectivity index (χ2n) is 9.80. The van der Waals surface area contributed by atoms with Crippen molar-refractivity contribution >= 4 is 5.97 Å². The van der Waals surface area contributed by atoms with Gasteiger partial charge >= 0.3 is 29.6 Å². The number of carboxylic acids is 1. The summed E-state index contributed by atoms with van der Waals surface area (Å²) in [6, 6.07) is 0. The number of hydrogen-bond donors (Lipinski definition) is 1. The van der Waals surface area contributed by atoms with Gasteiger partial charge in [-0.05, 0) is 12.5 Å². The Kier molecular flexibility index (Phi) is 32.0. The molecule has 0 saturated carbocycles. The summed E-state index contributed by atoms with van der Waals surface area (Å²) in [7, 11) is 0. The van der Waals surface area contributed by atoms with Crippen LogP contribution >= 0.6 is 0 Å². The van der Waals surface area contributed by atoms with Crippen LogP contribution < -0.4 is 34.7 Å². The largest absolute Gasteiger partial charge is 1.00 e. The summed E-state index contributed by atoms with van der Waals surface area (Å²) in [5.74, 6) is -0.946. The van der Waals surface area contributed by atoms with Crippen LogP contribution in [0.3, 0.4) is 0 Å². The zero-order valence-electron chi connectivity index (χ0n) is 22.5. The zero-order chi connectivity index (χ0) is 23.5. The van der Waals surface area contributed by atoms with Crippen LogP contribution in [0, 0.1) is 0 Å². The molecule has 0 aromatic carbocycles. The summed E-state index contributed by atoms with van der Waals surface area (Å²) in [5.41, 5.74) is 0. The fraction of sp³-hybridized carbons (Fsp3) is 0.897. The third-order valence-corrected chi connectivity index (χ3v) is 6.54. The number of aliphatic hydroxyl groups excluding tert-OH is 1. The summed E-state index contributed by atoms with van der Waals surface area (Å²) < 4.78 is 0. The van der Waals surface area contributed by atoms with E-state index in [4.69, 9.17) is 0 Å². The van der Waals surface area contributed by atoms with Crippen molar-refractivity contribution in [1.29, 1.82) is 0 Å². The van der Waals surface area contributed by atoms with Crippen molar-refractivity contribution in [2.45, 2.75) is 167 Å². The molecular weight excluding hydrogens is 419 g/mol. The van der Waals surface area contributed by atoms with Gasteiger partial charge in [-0.1, -0.05) is 148 Å². The van der Waals surface area contributed by atoms with E-state index in [1.54, 1.807) is 0 Å². The van der Waals surface area contributed by atoms with E-state index in [0.29, 0.717) is 6.42 Å². The summed E-state index contributed by atoms with van der Waals surface area (Å²) in [6.45, 7) is 2.29. The predicted octanol–water partition coefficient (Wildman–Crippen LogP) is 5.95. The second-order valence-corrected chi connectivity index (χ2v) is 9.80. The Morgan fingerprint density at radius 2 is 0.848 bits per heavy atom. The minimum atomic E-state index is -1.14. The number of allylic oxidation sites excluding steroid dienone is 1. The minimum Gasteiger partial charge on any atom is -0.550 e. The monoisotopic (exact) mass is 474 g/mol.